The second-order valence-electron chi connectivity index (χ2n) is 4.56. The van der Waals surface area contributed by atoms with E-state index >= 15 is 0 Å². The topological polar surface area (TPSA) is 68.0 Å². The number of aromatic nitrogens is 1. The maximum Gasteiger partial charge on any atom is 0.237 e. The lowest BCUT2D eigenvalue weighted by atomic mass is 10.1. The lowest BCUT2D eigenvalue weighted by Gasteiger charge is -2.24. The van der Waals surface area contributed by atoms with Gasteiger partial charge in [-0.15, -0.1) is 36.2 Å². The molecule has 0 spiro atoms. The number of carbonyl (C=O) groups excluding carboxylic acids is 1. The highest BCUT2D eigenvalue weighted by molar-refractivity contribution is 7.11. The standard InChI is InChI=1S/C11H19N3OS.2ClH/c1-6(12)9(15)14-11(4,5)10-13-7(2)8(3)16-10;;/h6H,12H2,1-5H3,(H,14,15);2*1H. The average molecular weight is 314 g/mol. The summed E-state index contributed by atoms with van der Waals surface area (Å²) in [6.45, 7) is 9.54. The van der Waals surface area contributed by atoms with E-state index in [4.69, 9.17) is 5.73 Å². The van der Waals surface area contributed by atoms with E-state index in [1.165, 1.54) is 4.88 Å². The van der Waals surface area contributed by atoms with Crippen LogP contribution in [0.25, 0.3) is 0 Å². The third kappa shape index (κ3) is 4.72. The van der Waals surface area contributed by atoms with Crippen LogP contribution < -0.4 is 11.1 Å². The number of thiazole rings is 1. The molecule has 0 saturated heterocycles. The summed E-state index contributed by atoms with van der Waals surface area (Å²) in [6.07, 6.45) is 0. The van der Waals surface area contributed by atoms with Gasteiger partial charge in [0.1, 0.15) is 5.01 Å². The van der Waals surface area contributed by atoms with Gasteiger partial charge in [0.15, 0.2) is 0 Å². The molecular formula is C11H21Cl2N3OS. The Balaban J connectivity index is 0. The number of nitrogens with one attached hydrogen (secondary N) is 1. The van der Waals surface area contributed by atoms with Crippen molar-refractivity contribution in [1.29, 1.82) is 0 Å². The van der Waals surface area contributed by atoms with Gasteiger partial charge in [0.05, 0.1) is 17.3 Å². The van der Waals surface area contributed by atoms with Crippen molar-refractivity contribution in [3.63, 3.8) is 0 Å². The summed E-state index contributed by atoms with van der Waals surface area (Å²) in [4.78, 5) is 17.2. The van der Waals surface area contributed by atoms with Crippen LogP contribution in [0.5, 0.6) is 0 Å². The third-order valence-corrected chi connectivity index (χ3v) is 3.81. The maximum atomic E-state index is 11.6. The fourth-order valence-electron chi connectivity index (χ4n) is 1.22. The predicted molar refractivity (Wildman–Crippen MR) is 80.9 cm³/mol. The zero-order chi connectivity index (χ0) is 12.5. The first-order chi connectivity index (χ1) is 7.24. The molecule has 1 rings (SSSR count). The van der Waals surface area contributed by atoms with Gasteiger partial charge in [-0.05, 0) is 34.6 Å². The summed E-state index contributed by atoms with van der Waals surface area (Å²) in [5.41, 5.74) is 6.08. The van der Waals surface area contributed by atoms with Crippen molar-refractivity contribution in [1.82, 2.24) is 10.3 Å². The van der Waals surface area contributed by atoms with Crippen LogP contribution in [0.15, 0.2) is 0 Å². The van der Waals surface area contributed by atoms with Crippen LogP contribution in [0, 0.1) is 13.8 Å². The van der Waals surface area contributed by atoms with Gasteiger partial charge >= 0.3 is 0 Å². The normalized spacial score (nSPS) is 12.1. The molecule has 0 radical (unpaired) electrons. The van der Waals surface area contributed by atoms with Gasteiger partial charge in [0.2, 0.25) is 5.91 Å². The van der Waals surface area contributed by atoms with Crippen molar-refractivity contribution in [2.45, 2.75) is 46.2 Å². The van der Waals surface area contributed by atoms with Crippen molar-refractivity contribution < 1.29 is 4.79 Å². The first kappa shape index (κ1) is 20.0. The summed E-state index contributed by atoms with van der Waals surface area (Å²) in [5, 5.41) is 3.81. The Morgan fingerprint density at radius 1 is 1.39 bits per heavy atom. The molecule has 1 aromatic rings. The highest BCUT2D eigenvalue weighted by atomic mass is 35.5. The van der Waals surface area contributed by atoms with Gasteiger partial charge in [0, 0.05) is 4.88 Å². The molecule has 1 heterocycles. The number of hydrogen-bond donors (Lipinski definition) is 2. The van der Waals surface area contributed by atoms with Gasteiger partial charge in [-0.25, -0.2) is 4.98 Å². The molecule has 7 heteroatoms. The minimum Gasteiger partial charge on any atom is -0.343 e. The molecule has 0 aliphatic carbocycles. The van der Waals surface area contributed by atoms with Crippen molar-refractivity contribution in [2.24, 2.45) is 5.73 Å². The fraction of sp³-hybridized carbons (Fsp3) is 0.636. The quantitative estimate of drug-likeness (QED) is 0.899. The summed E-state index contributed by atoms with van der Waals surface area (Å²) in [7, 11) is 0. The van der Waals surface area contributed by atoms with E-state index in [1.54, 1.807) is 18.3 Å². The van der Waals surface area contributed by atoms with E-state index < -0.39 is 11.6 Å². The van der Waals surface area contributed by atoms with Gasteiger partial charge < -0.3 is 11.1 Å². The second-order valence-corrected chi connectivity index (χ2v) is 5.77. The molecule has 4 nitrogen and oxygen atoms in total. The van der Waals surface area contributed by atoms with E-state index in [0.717, 1.165) is 10.7 Å². The smallest absolute Gasteiger partial charge is 0.237 e. The number of rotatable bonds is 3. The first-order valence-electron chi connectivity index (χ1n) is 5.26. The van der Waals surface area contributed by atoms with Crippen LogP contribution in [0.4, 0.5) is 0 Å². The van der Waals surface area contributed by atoms with Crippen molar-refractivity contribution in [2.75, 3.05) is 0 Å². The predicted octanol–water partition coefficient (Wildman–Crippen LogP) is 2.30. The maximum absolute atomic E-state index is 11.6. The molecule has 1 amide bonds. The molecule has 0 fully saturated rings. The number of amides is 1. The zero-order valence-electron chi connectivity index (χ0n) is 11.2. The SMILES string of the molecule is Cc1nc(C(C)(C)NC(=O)C(C)N)sc1C.Cl.Cl. The van der Waals surface area contributed by atoms with E-state index in [-0.39, 0.29) is 30.7 Å². The van der Waals surface area contributed by atoms with E-state index in [9.17, 15) is 4.79 Å². The van der Waals surface area contributed by atoms with Crippen LogP contribution in [-0.4, -0.2) is 16.9 Å². The van der Waals surface area contributed by atoms with Crippen LogP contribution in [0.1, 0.15) is 36.3 Å². The van der Waals surface area contributed by atoms with Gasteiger partial charge in [-0.1, -0.05) is 0 Å². The Morgan fingerprint density at radius 3 is 2.22 bits per heavy atom. The summed E-state index contributed by atoms with van der Waals surface area (Å²) in [6, 6.07) is -0.499. The lowest BCUT2D eigenvalue weighted by molar-refractivity contribution is -0.123. The van der Waals surface area contributed by atoms with Crippen LogP contribution in [0.2, 0.25) is 0 Å². The van der Waals surface area contributed by atoms with Crippen molar-refractivity contribution in [3.8, 4) is 0 Å². The third-order valence-electron chi connectivity index (χ3n) is 2.41. The molecule has 1 aromatic heterocycles. The molecule has 0 aliphatic rings. The largest absolute Gasteiger partial charge is 0.343 e. The molecule has 0 bridgehead atoms. The van der Waals surface area contributed by atoms with E-state index in [1.807, 2.05) is 27.7 Å². The second kappa shape index (κ2) is 7.28. The number of halogens is 2. The monoisotopic (exact) mass is 313 g/mol. The Hall–Kier alpha value is -0.360. The first-order valence-corrected chi connectivity index (χ1v) is 6.08. The van der Waals surface area contributed by atoms with Crippen LogP contribution >= 0.6 is 36.2 Å². The lowest BCUT2D eigenvalue weighted by Crippen LogP contribution is -2.47. The molecule has 18 heavy (non-hydrogen) atoms. The van der Waals surface area contributed by atoms with Crippen molar-refractivity contribution in [3.05, 3.63) is 15.6 Å². The molecule has 1 unspecified atom stereocenters. The van der Waals surface area contributed by atoms with Crippen molar-refractivity contribution >= 4 is 42.1 Å². The summed E-state index contributed by atoms with van der Waals surface area (Å²) >= 11 is 1.61. The Morgan fingerprint density at radius 2 is 1.89 bits per heavy atom. The Kier molecular flexibility index (Phi) is 8.08. The molecule has 106 valence electrons. The molecular weight excluding hydrogens is 293 g/mol. The minimum absolute atomic E-state index is 0. The molecule has 3 N–H and O–H groups in total. The number of nitrogens with two attached hydrogens (primary N) is 1. The zero-order valence-corrected chi connectivity index (χ0v) is 13.7. The highest BCUT2D eigenvalue weighted by Crippen LogP contribution is 2.27. The summed E-state index contributed by atoms with van der Waals surface area (Å²) in [5.74, 6) is -0.157. The molecule has 0 aromatic carbocycles. The van der Waals surface area contributed by atoms with Crippen LogP contribution in [-0.2, 0) is 10.3 Å². The number of aryl methyl sites for hydroxylation is 2. The minimum atomic E-state index is -0.499. The van der Waals surface area contributed by atoms with Gasteiger partial charge in [-0.2, -0.15) is 0 Å². The average Bonchev–Trinajstić information content (AvgIpc) is 2.47. The van der Waals surface area contributed by atoms with E-state index in [0.29, 0.717) is 0 Å². The van der Waals surface area contributed by atoms with E-state index in [2.05, 4.69) is 10.3 Å². The number of carbonyl (C=O) groups is 1. The van der Waals surface area contributed by atoms with Gasteiger partial charge in [-0.3, -0.25) is 4.79 Å². The number of nitrogens with zero attached hydrogens (tertiary/aromatic N) is 1. The molecule has 1 atom stereocenters. The fourth-order valence-corrected chi connectivity index (χ4v) is 2.19. The Bertz CT molecular complexity index is 385. The number of hydrogen-bond acceptors (Lipinski definition) is 4. The summed E-state index contributed by atoms with van der Waals surface area (Å²) < 4.78 is 0. The Labute approximate surface area is 125 Å². The van der Waals surface area contributed by atoms with Gasteiger partial charge in [0.25, 0.3) is 0 Å². The molecule has 0 aliphatic heterocycles. The van der Waals surface area contributed by atoms with Crippen LogP contribution in [0.3, 0.4) is 0 Å². The molecule has 0 saturated carbocycles. The highest BCUT2D eigenvalue weighted by Gasteiger charge is 2.27.